The molecule has 2 aromatic carbocycles. The first-order chi connectivity index (χ1) is 13.2. The van der Waals surface area contributed by atoms with E-state index in [1.165, 1.54) is 0 Å². The van der Waals surface area contributed by atoms with Gasteiger partial charge < -0.3 is 9.30 Å². The summed E-state index contributed by atoms with van der Waals surface area (Å²) in [6.45, 7) is 2.14. The number of hydrogen-bond acceptors (Lipinski definition) is 7. The van der Waals surface area contributed by atoms with Crippen molar-refractivity contribution >= 4 is 23.2 Å². The van der Waals surface area contributed by atoms with Crippen LogP contribution in [0.3, 0.4) is 0 Å². The zero-order chi connectivity index (χ0) is 18.6. The highest BCUT2D eigenvalue weighted by atomic mass is 16.6. The van der Waals surface area contributed by atoms with Crippen molar-refractivity contribution in [2.75, 3.05) is 5.43 Å². The first kappa shape index (κ1) is 16.8. The number of para-hydroxylation sites is 2. The lowest BCUT2D eigenvalue weighted by atomic mass is 10.2. The van der Waals surface area contributed by atoms with E-state index in [1.54, 1.807) is 6.21 Å². The third-order valence-electron chi connectivity index (χ3n) is 4.17. The predicted octanol–water partition coefficient (Wildman–Crippen LogP) is 3.29. The number of ether oxygens (including phenoxy) is 1. The number of imidazole rings is 1. The predicted molar refractivity (Wildman–Crippen MR) is 102 cm³/mol. The van der Waals surface area contributed by atoms with Gasteiger partial charge in [0.2, 0.25) is 5.95 Å². The van der Waals surface area contributed by atoms with E-state index in [4.69, 9.17) is 4.74 Å². The van der Waals surface area contributed by atoms with E-state index in [0.29, 0.717) is 18.2 Å². The minimum absolute atomic E-state index is 0.317. The molecule has 8 heteroatoms. The normalized spacial score (nSPS) is 11.3. The molecule has 4 aromatic rings. The first-order valence-electron chi connectivity index (χ1n) is 8.42. The van der Waals surface area contributed by atoms with Crippen molar-refractivity contribution in [3.05, 3.63) is 65.5 Å². The van der Waals surface area contributed by atoms with E-state index in [-0.39, 0.29) is 0 Å². The van der Waals surface area contributed by atoms with E-state index in [0.717, 1.165) is 28.0 Å². The Morgan fingerprint density at radius 3 is 2.70 bits per heavy atom. The molecule has 4 rings (SSSR count). The maximum Gasteiger partial charge on any atom is 0.224 e. The Labute approximate surface area is 155 Å². The fourth-order valence-electron chi connectivity index (χ4n) is 2.59. The molecular weight excluding hydrogens is 344 g/mol. The third kappa shape index (κ3) is 3.64. The lowest BCUT2D eigenvalue weighted by Crippen LogP contribution is -1.99. The SMILES string of the molecule is Cc1nonc1COc1ccc(/C=N/Nc2nc3ccccc3n2C)cc1. The second-order valence-electron chi connectivity index (χ2n) is 6.01. The highest BCUT2D eigenvalue weighted by Gasteiger charge is 2.06. The fraction of sp³-hybridized carbons (Fsp3) is 0.158. The number of anilines is 1. The third-order valence-corrected chi connectivity index (χ3v) is 4.17. The molecule has 0 saturated heterocycles. The first-order valence-corrected chi connectivity index (χ1v) is 8.42. The molecular formula is C19H18N6O2. The largest absolute Gasteiger partial charge is 0.487 e. The fourth-order valence-corrected chi connectivity index (χ4v) is 2.59. The summed E-state index contributed by atoms with van der Waals surface area (Å²) >= 11 is 0. The number of nitrogens with one attached hydrogen (secondary N) is 1. The van der Waals surface area contributed by atoms with Gasteiger partial charge in [-0.3, -0.25) is 0 Å². The Morgan fingerprint density at radius 2 is 1.96 bits per heavy atom. The summed E-state index contributed by atoms with van der Waals surface area (Å²) in [5.41, 5.74) is 7.31. The molecule has 2 heterocycles. The molecule has 136 valence electrons. The summed E-state index contributed by atoms with van der Waals surface area (Å²) in [4.78, 5) is 4.51. The van der Waals surface area contributed by atoms with Crippen molar-refractivity contribution < 1.29 is 9.37 Å². The molecule has 0 radical (unpaired) electrons. The molecule has 27 heavy (non-hydrogen) atoms. The van der Waals surface area contributed by atoms with Crippen LogP contribution in [0.2, 0.25) is 0 Å². The number of hydrogen-bond donors (Lipinski definition) is 1. The van der Waals surface area contributed by atoms with Gasteiger partial charge >= 0.3 is 0 Å². The van der Waals surface area contributed by atoms with Gasteiger partial charge in [0.15, 0.2) is 0 Å². The van der Waals surface area contributed by atoms with Crippen LogP contribution >= 0.6 is 0 Å². The van der Waals surface area contributed by atoms with Gasteiger partial charge in [-0.1, -0.05) is 22.4 Å². The lowest BCUT2D eigenvalue weighted by Gasteiger charge is -2.04. The highest BCUT2D eigenvalue weighted by molar-refractivity contribution is 5.81. The second kappa shape index (κ2) is 7.28. The van der Waals surface area contributed by atoms with Crippen LogP contribution in [0, 0.1) is 6.92 Å². The quantitative estimate of drug-likeness (QED) is 0.418. The molecule has 0 unspecified atom stereocenters. The molecule has 2 aromatic heterocycles. The van der Waals surface area contributed by atoms with Gasteiger partial charge in [0.1, 0.15) is 23.7 Å². The summed E-state index contributed by atoms with van der Waals surface area (Å²) in [6, 6.07) is 15.5. The Balaban J connectivity index is 1.37. The Bertz CT molecular complexity index is 1080. The number of aromatic nitrogens is 4. The van der Waals surface area contributed by atoms with Crippen LogP contribution < -0.4 is 10.2 Å². The Kier molecular flexibility index (Phi) is 4.52. The summed E-state index contributed by atoms with van der Waals surface area (Å²) in [5.74, 6) is 1.42. The van der Waals surface area contributed by atoms with Crippen molar-refractivity contribution in [1.82, 2.24) is 19.9 Å². The average Bonchev–Trinajstić information content (AvgIpc) is 3.25. The zero-order valence-electron chi connectivity index (χ0n) is 15.0. The topological polar surface area (TPSA) is 90.4 Å². The molecule has 0 spiro atoms. The van der Waals surface area contributed by atoms with Gasteiger partial charge in [-0.15, -0.1) is 0 Å². The Hall–Kier alpha value is -3.68. The molecule has 0 atom stereocenters. The smallest absolute Gasteiger partial charge is 0.224 e. The molecule has 0 aliphatic rings. The van der Waals surface area contributed by atoms with E-state index in [1.807, 2.05) is 67.1 Å². The zero-order valence-corrected chi connectivity index (χ0v) is 15.0. The van der Waals surface area contributed by atoms with Crippen LogP contribution in [0.1, 0.15) is 17.0 Å². The van der Waals surface area contributed by atoms with E-state index >= 15 is 0 Å². The van der Waals surface area contributed by atoms with Gasteiger partial charge in [0.25, 0.3) is 0 Å². The molecule has 0 aliphatic heterocycles. The minimum atomic E-state index is 0.317. The Morgan fingerprint density at radius 1 is 1.15 bits per heavy atom. The average molecular weight is 362 g/mol. The van der Waals surface area contributed by atoms with Gasteiger partial charge in [-0.2, -0.15) is 5.10 Å². The summed E-state index contributed by atoms with van der Waals surface area (Å²) in [5, 5.41) is 11.8. The number of aryl methyl sites for hydroxylation is 2. The number of nitrogens with zero attached hydrogens (tertiary/aromatic N) is 5. The molecule has 8 nitrogen and oxygen atoms in total. The van der Waals surface area contributed by atoms with Gasteiger partial charge in [-0.25, -0.2) is 15.0 Å². The van der Waals surface area contributed by atoms with Crippen molar-refractivity contribution in [3.8, 4) is 5.75 Å². The standard InChI is InChI=1S/C19H18N6O2/c1-13-17(24-27-23-13)12-26-15-9-7-14(8-10-15)11-20-22-19-21-16-5-3-4-6-18(16)25(19)2/h3-11H,12H2,1-2H3,(H,21,22)/b20-11+. The highest BCUT2D eigenvalue weighted by Crippen LogP contribution is 2.17. The van der Waals surface area contributed by atoms with Crippen molar-refractivity contribution in [2.24, 2.45) is 12.1 Å². The molecule has 0 saturated carbocycles. The van der Waals surface area contributed by atoms with Crippen LogP contribution in [-0.2, 0) is 13.7 Å². The summed E-state index contributed by atoms with van der Waals surface area (Å²) in [6.07, 6.45) is 1.73. The number of benzene rings is 2. The molecule has 0 aliphatic carbocycles. The van der Waals surface area contributed by atoms with Crippen LogP contribution in [-0.4, -0.2) is 26.1 Å². The van der Waals surface area contributed by atoms with Crippen LogP contribution in [0.25, 0.3) is 11.0 Å². The molecule has 0 amide bonds. The molecule has 0 bridgehead atoms. The lowest BCUT2D eigenvalue weighted by molar-refractivity contribution is 0.270. The molecule has 0 fully saturated rings. The van der Waals surface area contributed by atoms with Crippen molar-refractivity contribution in [2.45, 2.75) is 13.5 Å². The van der Waals surface area contributed by atoms with E-state index < -0.39 is 0 Å². The number of hydrazone groups is 1. The van der Waals surface area contributed by atoms with Crippen LogP contribution in [0.15, 0.2) is 58.3 Å². The van der Waals surface area contributed by atoms with Gasteiger partial charge in [0.05, 0.1) is 17.2 Å². The van der Waals surface area contributed by atoms with E-state index in [2.05, 4.69) is 30.5 Å². The summed E-state index contributed by atoms with van der Waals surface area (Å²) < 4.78 is 12.3. The van der Waals surface area contributed by atoms with Crippen molar-refractivity contribution in [3.63, 3.8) is 0 Å². The van der Waals surface area contributed by atoms with Gasteiger partial charge in [-0.05, 0) is 48.9 Å². The maximum absolute atomic E-state index is 5.67. The van der Waals surface area contributed by atoms with Gasteiger partial charge in [0, 0.05) is 7.05 Å². The minimum Gasteiger partial charge on any atom is -0.487 e. The van der Waals surface area contributed by atoms with Crippen LogP contribution in [0.4, 0.5) is 5.95 Å². The monoisotopic (exact) mass is 362 g/mol. The number of fused-ring (bicyclic) bond motifs is 1. The van der Waals surface area contributed by atoms with E-state index in [9.17, 15) is 0 Å². The summed E-state index contributed by atoms with van der Waals surface area (Å²) in [7, 11) is 1.95. The number of rotatable bonds is 6. The second-order valence-corrected chi connectivity index (χ2v) is 6.01. The maximum atomic E-state index is 5.67. The van der Waals surface area contributed by atoms with Crippen LogP contribution in [0.5, 0.6) is 5.75 Å². The van der Waals surface area contributed by atoms with Crippen molar-refractivity contribution in [1.29, 1.82) is 0 Å². The molecule has 1 N–H and O–H groups in total.